The Labute approximate surface area is 165 Å². The Hall–Kier alpha value is -2.13. The monoisotopic (exact) mass is 407 g/mol. The van der Waals surface area contributed by atoms with Gasteiger partial charge in [0.2, 0.25) is 0 Å². The molecule has 2 aliphatic heterocycles. The van der Waals surface area contributed by atoms with Gasteiger partial charge in [0.1, 0.15) is 0 Å². The van der Waals surface area contributed by atoms with Gasteiger partial charge in [-0.3, -0.25) is 4.79 Å². The third-order valence-corrected chi connectivity index (χ3v) is 6.61. The lowest BCUT2D eigenvalue weighted by Gasteiger charge is -2.38. The van der Waals surface area contributed by atoms with Gasteiger partial charge in [-0.25, -0.2) is 4.98 Å². The fourth-order valence-electron chi connectivity index (χ4n) is 3.67. The number of nitrogens with zero attached hydrogens (tertiary/aromatic N) is 2. The van der Waals surface area contributed by atoms with Crippen LogP contribution in [0.4, 0.5) is 20.3 Å². The van der Waals surface area contributed by atoms with E-state index >= 15 is 0 Å². The van der Waals surface area contributed by atoms with Crippen molar-refractivity contribution >= 4 is 23.3 Å². The van der Waals surface area contributed by atoms with Crippen molar-refractivity contribution in [1.82, 2.24) is 9.97 Å². The maximum absolute atomic E-state index is 14.2. The van der Waals surface area contributed by atoms with Gasteiger partial charge in [-0.1, -0.05) is 24.8 Å². The molecule has 3 heterocycles. The molecule has 0 amide bonds. The average molecular weight is 407 g/mol. The van der Waals surface area contributed by atoms with E-state index in [4.69, 9.17) is 5.73 Å². The van der Waals surface area contributed by atoms with Crippen molar-refractivity contribution < 1.29 is 8.78 Å². The van der Waals surface area contributed by atoms with E-state index in [9.17, 15) is 13.6 Å². The molecular weight excluding hydrogens is 384 g/mol. The zero-order valence-electron chi connectivity index (χ0n) is 15.6. The molecule has 150 valence electrons. The number of anilines is 2. The first-order valence-corrected chi connectivity index (χ1v) is 10.1. The number of hydrogen-bond acceptors (Lipinski definition) is 6. The van der Waals surface area contributed by atoms with Gasteiger partial charge in [0.05, 0.1) is 23.3 Å². The van der Waals surface area contributed by atoms with Gasteiger partial charge < -0.3 is 20.9 Å². The molecule has 0 saturated carbocycles. The predicted octanol–water partition coefficient (Wildman–Crippen LogP) is 3.00. The number of H-pyrrole nitrogens is 1. The van der Waals surface area contributed by atoms with E-state index in [1.165, 1.54) is 6.20 Å². The first-order valence-electron chi connectivity index (χ1n) is 9.29. The lowest BCUT2D eigenvalue weighted by molar-refractivity contribution is 0.0160. The summed E-state index contributed by atoms with van der Waals surface area (Å²) in [6.45, 7) is 3.82. The van der Waals surface area contributed by atoms with Crippen molar-refractivity contribution in [3.8, 4) is 0 Å². The van der Waals surface area contributed by atoms with Gasteiger partial charge in [0.25, 0.3) is 11.5 Å². The van der Waals surface area contributed by atoms with Crippen LogP contribution in [0.15, 0.2) is 39.1 Å². The fraction of sp³-hybridized carbons (Fsp3) is 0.474. The minimum absolute atomic E-state index is 0.0259. The average Bonchev–Trinajstić information content (AvgIpc) is 2.99. The zero-order valence-corrected chi connectivity index (χ0v) is 16.4. The summed E-state index contributed by atoms with van der Waals surface area (Å²) in [6.07, 6.45) is 3.34. The summed E-state index contributed by atoms with van der Waals surface area (Å²) in [5, 5.41) is 3.16. The van der Waals surface area contributed by atoms with Crippen LogP contribution >= 0.6 is 11.8 Å². The molecule has 0 bridgehead atoms. The summed E-state index contributed by atoms with van der Waals surface area (Å²) < 4.78 is 28.4. The number of nitrogens with two attached hydrogens (primary N) is 1. The lowest BCUT2D eigenvalue weighted by atomic mass is 9.80. The van der Waals surface area contributed by atoms with Crippen LogP contribution < -0.4 is 21.5 Å². The van der Waals surface area contributed by atoms with Crippen molar-refractivity contribution in [2.45, 2.75) is 35.6 Å². The minimum Gasteiger partial charge on any atom is -0.378 e. The highest BCUT2D eigenvalue weighted by Crippen LogP contribution is 2.45. The normalized spacial score (nSPS) is 19.9. The second kappa shape index (κ2) is 7.04. The maximum atomic E-state index is 14.2. The summed E-state index contributed by atoms with van der Waals surface area (Å²) in [5.74, 6) is -2.57. The van der Waals surface area contributed by atoms with Crippen molar-refractivity contribution in [2.24, 2.45) is 11.1 Å². The van der Waals surface area contributed by atoms with Gasteiger partial charge >= 0.3 is 0 Å². The Balaban J connectivity index is 1.54. The van der Waals surface area contributed by atoms with Crippen LogP contribution in [-0.2, 0) is 5.92 Å². The number of piperidine rings is 1. The van der Waals surface area contributed by atoms with E-state index in [0.717, 1.165) is 37.7 Å². The van der Waals surface area contributed by atoms with Crippen LogP contribution in [0.5, 0.6) is 0 Å². The predicted molar refractivity (Wildman–Crippen MR) is 106 cm³/mol. The molecule has 0 radical (unpaired) electrons. The number of rotatable bonds is 4. The molecule has 4 rings (SSSR count). The number of aromatic amines is 1. The second-order valence-corrected chi connectivity index (χ2v) is 8.82. The molecule has 4 N–H and O–H groups in total. The lowest BCUT2D eigenvalue weighted by Crippen LogP contribution is -2.44. The number of alkyl halides is 2. The Morgan fingerprint density at radius 1 is 1.32 bits per heavy atom. The SMILES string of the molecule is CC1(CN)CCN(c2ncc(Sc3cccc4c3C(F)(F)CN4)[nH]c2=O)CC1. The molecule has 1 aromatic heterocycles. The van der Waals surface area contributed by atoms with Gasteiger partial charge in [-0.05, 0) is 36.9 Å². The molecule has 0 spiro atoms. The van der Waals surface area contributed by atoms with Crippen molar-refractivity contribution in [1.29, 1.82) is 0 Å². The Morgan fingerprint density at radius 2 is 2.07 bits per heavy atom. The molecule has 0 unspecified atom stereocenters. The van der Waals surface area contributed by atoms with E-state index in [1.54, 1.807) is 18.2 Å². The quantitative estimate of drug-likeness (QED) is 0.722. The largest absolute Gasteiger partial charge is 0.378 e. The molecule has 1 aromatic carbocycles. The number of aromatic nitrogens is 2. The van der Waals surface area contributed by atoms with Crippen LogP contribution in [0.2, 0.25) is 0 Å². The van der Waals surface area contributed by atoms with Crippen LogP contribution in [0.3, 0.4) is 0 Å². The summed E-state index contributed by atoms with van der Waals surface area (Å²) >= 11 is 1.10. The maximum Gasteiger partial charge on any atom is 0.293 e. The molecule has 6 nitrogen and oxygen atoms in total. The van der Waals surface area contributed by atoms with Crippen molar-refractivity contribution in [3.63, 3.8) is 0 Å². The summed E-state index contributed by atoms with van der Waals surface area (Å²) in [7, 11) is 0. The number of halogens is 2. The second-order valence-electron chi connectivity index (χ2n) is 7.74. The smallest absolute Gasteiger partial charge is 0.293 e. The molecule has 0 atom stereocenters. The van der Waals surface area contributed by atoms with Crippen LogP contribution in [0.25, 0.3) is 0 Å². The molecular formula is C19H23F2N5OS. The van der Waals surface area contributed by atoms with Crippen LogP contribution in [-0.4, -0.2) is 36.1 Å². The van der Waals surface area contributed by atoms with Gasteiger partial charge in [0, 0.05) is 23.7 Å². The van der Waals surface area contributed by atoms with Crippen LogP contribution in [0.1, 0.15) is 25.3 Å². The van der Waals surface area contributed by atoms with Gasteiger partial charge in [-0.15, -0.1) is 0 Å². The third-order valence-electron chi connectivity index (χ3n) is 5.62. The zero-order chi connectivity index (χ0) is 19.9. The fourth-order valence-corrected chi connectivity index (χ4v) is 4.67. The van der Waals surface area contributed by atoms with E-state index in [0.29, 0.717) is 28.0 Å². The topological polar surface area (TPSA) is 87.0 Å². The molecule has 28 heavy (non-hydrogen) atoms. The summed E-state index contributed by atoms with van der Waals surface area (Å²) in [5.41, 5.74) is 6.04. The Bertz CT molecular complexity index is 940. The molecule has 0 aliphatic carbocycles. The number of nitrogens with one attached hydrogen (secondary N) is 2. The van der Waals surface area contributed by atoms with E-state index in [-0.39, 0.29) is 16.5 Å². The first-order chi connectivity index (χ1) is 13.3. The summed E-state index contributed by atoms with van der Waals surface area (Å²) in [4.78, 5) is 22.1. The van der Waals surface area contributed by atoms with Crippen LogP contribution in [0, 0.1) is 5.41 Å². The standard InChI is InChI=1S/C19H23F2N5OS/c1-18(10-22)5-7-26(8-6-18)16-17(27)25-14(9-23-16)28-13-4-2-3-12-15(13)19(20,21)11-24-12/h2-4,9,24H,5-8,10-11,22H2,1H3,(H,25,27). The molecule has 2 aliphatic rings. The number of benzene rings is 1. The van der Waals surface area contributed by atoms with E-state index in [2.05, 4.69) is 22.2 Å². The van der Waals surface area contributed by atoms with E-state index in [1.807, 2.05) is 4.90 Å². The summed E-state index contributed by atoms with van der Waals surface area (Å²) in [6, 6.07) is 4.99. The highest BCUT2D eigenvalue weighted by molar-refractivity contribution is 7.99. The van der Waals surface area contributed by atoms with Gasteiger partial charge in [0.15, 0.2) is 5.82 Å². The highest BCUT2D eigenvalue weighted by Gasteiger charge is 2.41. The van der Waals surface area contributed by atoms with Crippen molar-refractivity contribution in [3.05, 3.63) is 40.3 Å². The molecule has 1 fully saturated rings. The molecule has 9 heteroatoms. The Morgan fingerprint density at radius 3 is 2.75 bits per heavy atom. The molecule has 1 saturated heterocycles. The molecule has 2 aromatic rings. The number of fused-ring (bicyclic) bond motifs is 1. The van der Waals surface area contributed by atoms with E-state index < -0.39 is 12.5 Å². The first kappa shape index (κ1) is 19.2. The van der Waals surface area contributed by atoms with Crippen molar-refractivity contribution in [2.75, 3.05) is 36.4 Å². The Kier molecular flexibility index (Phi) is 4.83. The minimum atomic E-state index is -2.93. The third kappa shape index (κ3) is 3.48. The van der Waals surface area contributed by atoms with Gasteiger partial charge in [-0.2, -0.15) is 8.78 Å². The highest BCUT2D eigenvalue weighted by atomic mass is 32.2. The number of hydrogen-bond donors (Lipinski definition) is 3.